The number of benzene rings is 2. The summed E-state index contributed by atoms with van der Waals surface area (Å²) in [5.41, 5.74) is 2.34. The average Bonchev–Trinajstić information content (AvgIpc) is 3.15. The number of amides is 1. The molecule has 1 atom stereocenters. The third-order valence-electron chi connectivity index (χ3n) is 6.95. The summed E-state index contributed by atoms with van der Waals surface area (Å²) in [4.78, 5) is 20.6. The minimum absolute atomic E-state index is 0.0402. The molecule has 0 N–H and O–H groups in total. The molecule has 0 bridgehead atoms. The standard InChI is InChI=1S/C27H37N3O2/c1-32-26-14-8-7-13-25(26)29-21-19-28(20-22-29)18-15-24(23-11-5-4-6-12-23)27(31)30-16-9-2-3-10-17-30/h4-8,11-14,24H,2-3,9-10,15-22H2,1H3/t24-/m0/s1/i1-1. The van der Waals surface area contributed by atoms with E-state index in [1.54, 1.807) is 7.11 Å². The third-order valence-corrected chi connectivity index (χ3v) is 6.95. The fraction of sp³-hybridized carbons (Fsp3) is 0.519. The summed E-state index contributed by atoms with van der Waals surface area (Å²) in [7, 11) is 1.74. The molecule has 172 valence electrons. The maximum atomic E-state index is 13.5. The van der Waals surface area contributed by atoms with Crippen molar-refractivity contribution < 1.29 is 9.53 Å². The van der Waals surface area contributed by atoms with E-state index in [1.807, 2.05) is 18.2 Å². The van der Waals surface area contributed by atoms with Gasteiger partial charge in [-0.05, 0) is 43.5 Å². The average molecular weight is 435 g/mol. The number of methoxy groups -OCH3 is 1. The van der Waals surface area contributed by atoms with Crippen molar-refractivity contribution >= 4 is 11.6 Å². The molecule has 5 nitrogen and oxygen atoms in total. The molecule has 2 fully saturated rings. The van der Waals surface area contributed by atoms with Gasteiger partial charge in [0.2, 0.25) is 5.91 Å². The second-order valence-electron chi connectivity index (χ2n) is 8.99. The van der Waals surface area contributed by atoms with Gasteiger partial charge in [0, 0.05) is 39.3 Å². The van der Waals surface area contributed by atoms with Gasteiger partial charge in [-0.25, -0.2) is 0 Å². The molecule has 1 amide bonds. The number of rotatable bonds is 7. The zero-order valence-electron chi connectivity index (χ0n) is 19.4. The fourth-order valence-corrected chi connectivity index (χ4v) is 5.04. The summed E-state index contributed by atoms with van der Waals surface area (Å²) < 4.78 is 5.55. The number of para-hydroxylation sites is 2. The van der Waals surface area contributed by atoms with Gasteiger partial charge in [0.05, 0.1) is 18.7 Å². The second-order valence-corrected chi connectivity index (χ2v) is 8.99. The molecule has 2 aliphatic heterocycles. The zero-order valence-corrected chi connectivity index (χ0v) is 19.4. The molecule has 2 aromatic carbocycles. The van der Waals surface area contributed by atoms with Crippen molar-refractivity contribution in [1.29, 1.82) is 0 Å². The van der Waals surface area contributed by atoms with Crippen LogP contribution < -0.4 is 9.64 Å². The Bertz CT molecular complexity index is 841. The van der Waals surface area contributed by atoms with E-state index in [2.05, 4.69) is 51.1 Å². The number of carbonyl (C=O) groups excluding carboxylic acids is 1. The van der Waals surface area contributed by atoms with E-state index in [1.165, 1.54) is 18.5 Å². The highest BCUT2D eigenvalue weighted by Crippen LogP contribution is 2.29. The van der Waals surface area contributed by atoms with Gasteiger partial charge in [0.25, 0.3) is 0 Å². The van der Waals surface area contributed by atoms with Crippen molar-refractivity contribution in [2.45, 2.75) is 38.0 Å². The molecule has 32 heavy (non-hydrogen) atoms. The van der Waals surface area contributed by atoms with Gasteiger partial charge in [0.15, 0.2) is 0 Å². The monoisotopic (exact) mass is 434 g/mol. The Morgan fingerprint density at radius 3 is 2.19 bits per heavy atom. The highest BCUT2D eigenvalue weighted by molar-refractivity contribution is 5.83. The quantitative estimate of drug-likeness (QED) is 0.647. The van der Waals surface area contributed by atoms with Crippen molar-refractivity contribution in [3.63, 3.8) is 0 Å². The van der Waals surface area contributed by atoms with Crippen LogP contribution in [0.15, 0.2) is 54.6 Å². The summed E-state index contributed by atoms with van der Waals surface area (Å²) in [5.74, 6) is 1.22. The van der Waals surface area contributed by atoms with Crippen LogP contribution in [0.5, 0.6) is 5.75 Å². The Morgan fingerprint density at radius 1 is 0.844 bits per heavy atom. The van der Waals surface area contributed by atoms with Crippen LogP contribution in [0.4, 0.5) is 5.69 Å². The first-order valence-electron chi connectivity index (χ1n) is 12.2. The minimum atomic E-state index is -0.0402. The molecule has 2 aliphatic rings. The van der Waals surface area contributed by atoms with Gasteiger partial charge in [-0.1, -0.05) is 55.3 Å². The Labute approximate surface area is 193 Å². The SMILES string of the molecule is [11CH3]Oc1ccccc1N1CCN(CC[C@H](C(=O)N2CCCCCC2)c2ccccc2)CC1. The predicted octanol–water partition coefficient (Wildman–Crippen LogP) is 4.39. The topological polar surface area (TPSA) is 36.0 Å². The predicted molar refractivity (Wildman–Crippen MR) is 130 cm³/mol. The number of hydrogen-bond donors (Lipinski definition) is 0. The highest BCUT2D eigenvalue weighted by Gasteiger charge is 2.28. The normalized spacial score (nSPS) is 18.8. The lowest BCUT2D eigenvalue weighted by atomic mass is 9.93. The van der Waals surface area contributed by atoms with Crippen LogP contribution in [0.2, 0.25) is 0 Å². The summed E-state index contributed by atoms with van der Waals surface area (Å²) in [5, 5.41) is 0. The summed E-state index contributed by atoms with van der Waals surface area (Å²) in [6, 6.07) is 18.7. The first-order chi connectivity index (χ1) is 15.8. The lowest BCUT2D eigenvalue weighted by Crippen LogP contribution is -2.47. The van der Waals surface area contributed by atoms with Gasteiger partial charge in [-0.2, -0.15) is 0 Å². The molecule has 0 radical (unpaired) electrons. The van der Waals surface area contributed by atoms with Crippen molar-refractivity contribution in [2.75, 3.05) is 57.8 Å². The zero-order chi connectivity index (χ0) is 22.2. The molecule has 0 aromatic heterocycles. The van der Waals surface area contributed by atoms with Crippen LogP contribution >= 0.6 is 0 Å². The van der Waals surface area contributed by atoms with Gasteiger partial charge >= 0.3 is 0 Å². The highest BCUT2D eigenvalue weighted by atomic mass is 16.4. The van der Waals surface area contributed by atoms with E-state index in [0.29, 0.717) is 5.91 Å². The Kier molecular flexibility index (Phi) is 8.05. The lowest BCUT2D eigenvalue weighted by molar-refractivity contribution is -0.133. The van der Waals surface area contributed by atoms with Crippen molar-refractivity contribution in [1.82, 2.24) is 9.80 Å². The number of hydrogen-bond acceptors (Lipinski definition) is 4. The van der Waals surface area contributed by atoms with E-state index in [-0.39, 0.29) is 5.92 Å². The van der Waals surface area contributed by atoms with Gasteiger partial charge in [0.1, 0.15) is 5.75 Å². The maximum absolute atomic E-state index is 13.5. The van der Waals surface area contributed by atoms with E-state index >= 15 is 0 Å². The van der Waals surface area contributed by atoms with Crippen LogP contribution in [-0.4, -0.2) is 68.6 Å². The molecule has 5 heteroatoms. The smallest absolute Gasteiger partial charge is 0.230 e. The number of likely N-dealkylation sites (tertiary alicyclic amines) is 1. The number of anilines is 1. The molecular formula is C27H37N3O2. The van der Waals surface area contributed by atoms with Crippen LogP contribution in [0, 0.1) is 0 Å². The largest absolute Gasteiger partial charge is 0.495 e. The van der Waals surface area contributed by atoms with Crippen LogP contribution in [0.1, 0.15) is 43.6 Å². The van der Waals surface area contributed by atoms with Crippen LogP contribution in [0.25, 0.3) is 0 Å². The molecule has 0 spiro atoms. The van der Waals surface area contributed by atoms with Gasteiger partial charge < -0.3 is 14.5 Å². The van der Waals surface area contributed by atoms with Crippen molar-refractivity contribution in [3.8, 4) is 5.75 Å². The number of ether oxygens (including phenoxy) is 1. The first kappa shape index (κ1) is 22.7. The Morgan fingerprint density at radius 2 is 1.50 bits per heavy atom. The van der Waals surface area contributed by atoms with E-state index in [4.69, 9.17) is 4.74 Å². The molecule has 2 aromatic rings. The fourth-order valence-electron chi connectivity index (χ4n) is 5.04. The maximum Gasteiger partial charge on any atom is 0.230 e. The number of piperazine rings is 1. The summed E-state index contributed by atoms with van der Waals surface area (Å²) >= 11 is 0. The number of nitrogens with zero attached hydrogens (tertiary/aromatic N) is 3. The van der Waals surface area contributed by atoms with E-state index in [9.17, 15) is 4.79 Å². The molecule has 0 unspecified atom stereocenters. The van der Waals surface area contributed by atoms with Crippen molar-refractivity contribution in [2.24, 2.45) is 0 Å². The third kappa shape index (κ3) is 5.63. The first-order valence-corrected chi connectivity index (χ1v) is 12.2. The molecule has 2 heterocycles. The number of carbonyl (C=O) groups is 1. The van der Waals surface area contributed by atoms with E-state index < -0.39 is 0 Å². The second kappa shape index (κ2) is 11.4. The molecule has 4 rings (SSSR count). The van der Waals surface area contributed by atoms with Crippen molar-refractivity contribution in [3.05, 3.63) is 60.2 Å². The van der Waals surface area contributed by atoms with Gasteiger partial charge in [-0.3, -0.25) is 9.69 Å². The van der Waals surface area contributed by atoms with Crippen LogP contribution in [0.3, 0.4) is 0 Å². The molecule has 0 aliphatic carbocycles. The minimum Gasteiger partial charge on any atom is -0.495 e. The summed E-state index contributed by atoms with van der Waals surface area (Å²) in [6.45, 7) is 6.78. The van der Waals surface area contributed by atoms with Crippen LogP contribution in [-0.2, 0) is 4.79 Å². The lowest BCUT2D eigenvalue weighted by Gasteiger charge is -2.37. The Balaban J connectivity index is 1.37. The van der Waals surface area contributed by atoms with E-state index in [0.717, 1.165) is 76.4 Å². The van der Waals surface area contributed by atoms with Gasteiger partial charge in [-0.15, -0.1) is 0 Å². The molecular weight excluding hydrogens is 397 g/mol. The summed E-state index contributed by atoms with van der Waals surface area (Å²) in [6.07, 6.45) is 5.65. The molecule has 0 saturated carbocycles. The molecule has 2 saturated heterocycles. The Hall–Kier alpha value is -2.53.